The lowest BCUT2D eigenvalue weighted by molar-refractivity contribution is -0.137. The molecular weight excluding hydrogens is 321 g/mol. The van der Waals surface area contributed by atoms with E-state index in [9.17, 15) is 17.6 Å². The molecule has 1 atom stereocenters. The molecule has 2 fully saturated rings. The van der Waals surface area contributed by atoms with Crippen LogP contribution in [0.1, 0.15) is 19.3 Å². The molecule has 1 amide bonds. The van der Waals surface area contributed by atoms with E-state index in [-0.39, 0.29) is 28.5 Å². The number of sulfone groups is 1. The van der Waals surface area contributed by atoms with Crippen LogP contribution < -0.4 is 0 Å². The van der Waals surface area contributed by atoms with Crippen molar-refractivity contribution in [1.29, 1.82) is 0 Å². The van der Waals surface area contributed by atoms with Crippen molar-refractivity contribution in [2.24, 2.45) is 5.41 Å². The summed E-state index contributed by atoms with van der Waals surface area (Å²) in [5.41, 5.74) is -0.00640. The number of amides is 1. The van der Waals surface area contributed by atoms with Crippen molar-refractivity contribution in [3.05, 3.63) is 30.1 Å². The normalized spacial score (nSPS) is 25.3. The molecule has 0 radical (unpaired) electrons. The van der Waals surface area contributed by atoms with Gasteiger partial charge in [0.15, 0.2) is 9.84 Å². The number of rotatable bonds is 4. The minimum absolute atomic E-state index is 0.00293. The predicted octanol–water partition coefficient (Wildman–Crippen LogP) is 1.63. The Morgan fingerprint density at radius 1 is 1.22 bits per heavy atom. The van der Waals surface area contributed by atoms with Crippen LogP contribution in [0.25, 0.3) is 0 Å². The fourth-order valence-electron chi connectivity index (χ4n) is 3.27. The van der Waals surface area contributed by atoms with Crippen molar-refractivity contribution >= 4 is 15.7 Å². The van der Waals surface area contributed by atoms with Crippen LogP contribution >= 0.6 is 0 Å². The summed E-state index contributed by atoms with van der Waals surface area (Å²) in [6, 6.07) is 4.78. The summed E-state index contributed by atoms with van der Waals surface area (Å²) < 4.78 is 43.0. The molecule has 0 bridgehead atoms. The zero-order chi connectivity index (χ0) is 16.5. The molecule has 0 N–H and O–H groups in total. The smallest absolute Gasteiger partial charge is 0.222 e. The highest BCUT2D eigenvalue weighted by Gasteiger charge is 2.41. The number of hydrogen-bond donors (Lipinski definition) is 0. The topological polar surface area (TPSA) is 63.7 Å². The van der Waals surface area contributed by atoms with Crippen LogP contribution in [-0.4, -0.2) is 51.3 Å². The largest absolute Gasteiger partial charge is 0.381 e. The lowest BCUT2D eigenvalue weighted by Gasteiger charge is -2.39. The Balaban J connectivity index is 1.66. The summed E-state index contributed by atoms with van der Waals surface area (Å²) in [5, 5.41) is 0. The molecular formula is C16H20FNO4S. The first-order valence-corrected chi connectivity index (χ1v) is 9.39. The van der Waals surface area contributed by atoms with Gasteiger partial charge in [-0.2, -0.15) is 0 Å². The van der Waals surface area contributed by atoms with E-state index in [0.717, 1.165) is 25.0 Å². The third-order valence-electron chi connectivity index (χ3n) is 4.74. The Labute approximate surface area is 135 Å². The van der Waals surface area contributed by atoms with Gasteiger partial charge in [-0.05, 0) is 37.1 Å². The molecule has 2 aliphatic rings. The van der Waals surface area contributed by atoms with Gasteiger partial charge >= 0.3 is 0 Å². The number of carbonyl (C=O) groups excluding carboxylic acids is 1. The van der Waals surface area contributed by atoms with E-state index in [1.54, 1.807) is 4.90 Å². The van der Waals surface area contributed by atoms with Gasteiger partial charge in [0.05, 0.1) is 17.3 Å². The number of ether oxygens (including phenoxy) is 1. The second-order valence-corrected chi connectivity index (χ2v) is 8.50. The van der Waals surface area contributed by atoms with Crippen LogP contribution in [0.4, 0.5) is 4.39 Å². The van der Waals surface area contributed by atoms with Crippen LogP contribution in [-0.2, 0) is 19.4 Å². The Kier molecular flexibility index (Phi) is 4.42. The minimum Gasteiger partial charge on any atom is -0.381 e. The van der Waals surface area contributed by atoms with Gasteiger partial charge in [-0.15, -0.1) is 0 Å². The average molecular weight is 341 g/mol. The van der Waals surface area contributed by atoms with Gasteiger partial charge in [0, 0.05) is 31.5 Å². The molecule has 0 aliphatic carbocycles. The van der Waals surface area contributed by atoms with E-state index in [1.165, 1.54) is 12.1 Å². The molecule has 0 saturated carbocycles. The first kappa shape index (κ1) is 16.4. The third-order valence-corrected chi connectivity index (χ3v) is 6.45. The summed E-state index contributed by atoms with van der Waals surface area (Å²) in [4.78, 5) is 13.8. The van der Waals surface area contributed by atoms with Gasteiger partial charge in [0.1, 0.15) is 5.82 Å². The maximum atomic E-state index is 12.9. The van der Waals surface area contributed by atoms with Crippen molar-refractivity contribution in [1.82, 2.24) is 4.90 Å². The summed E-state index contributed by atoms with van der Waals surface area (Å²) in [6.07, 6.45) is 2.18. The van der Waals surface area contributed by atoms with Crippen molar-refractivity contribution in [3.8, 4) is 0 Å². The van der Waals surface area contributed by atoms with Crippen LogP contribution in [0.5, 0.6) is 0 Å². The van der Waals surface area contributed by atoms with Crippen molar-refractivity contribution < 1.29 is 22.3 Å². The summed E-state index contributed by atoms with van der Waals surface area (Å²) in [5.74, 6) is -0.628. The third kappa shape index (κ3) is 3.55. The molecule has 2 saturated heterocycles. The Morgan fingerprint density at radius 3 is 2.61 bits per heavy atom. The SMILES string of the molecule is O=C1CCC2(CCOC2)CN1CCS(=O)(=O)c1ccc(F)cc1. The van der Waals surface area contributed by atoms with Crippen LogP contribution in [0.2, 0.25) is 0 Å². The number of carbonyl (C=O) groups is 1. The van der Waals surface area contributed by atoms with Crippen molar-refractivity contribution in [2.75, 3.05) is 32.1 Å². The zero-order valence-corrected chi connectivity index (χ0v) is 13.6. The molecule has 1 unspecified atom stereocenters. The molecule has 1 aromatic carbocycles. The van der Waals surface area contributed by atoms with E-state index >= 15 is 0 Å². The monoisotopic (exact) mass is 341 g/mol. The molecule has 7 heteroatoms. The van der Waals surface area contributed by atoms with Gasteiger partial charge in [0.2, 0.25) is 5.91 Å². The second-order valence-electron chi connectivity index (χ2n) is 6.39. The lowest BCUT2D eigenvalue weighted by Crippen LogP contribution is -2.48. The fourth-order valence-corrected chi connectivity index (χ4v) is 4.51. The minimum atomic E-state index is -3.53. The maximum absolute atomic E-state index is 12.9. The number of hydrogen-bond acceptors (Lipinski definition) is 4. The quantitative estimate of drug-likeness (QED) is 0.781. The number of nitrogens with zero attached hydrogens (tertiary/aromatic N) is 1. The van der Waals surface area contributed by atoms with E-state index in [1.807, 2.05) is 0 Å². The highest BCUT2D eigenvalue weighted by Crippen LogP contribution is 2.38. The molecule has 5 nitrogen and oxygen atoms in total. The zero-order valence-electron chi connectivity index (χ0n) is 12.8. The van der Waals surface area contributed by atoms with Crippen molar-refractivity contribution in [3.63, 3.8) is 0 Å². The van der Waals surface area contributed by atoms with Gasteiger partial charge in [-0.1, -0.05) is 0 Å². The summed E-state index contributed by atoms with van der Waals surface area (Å²) >= 11 is 0. The molecule has 3 rings (SSSR count). The first-order valence-electron chi connectivity index (χ1n) is 7.74. The number of likely N-dealkylation sites (tertiary alicyclic amines) is 1. The van der Waals surface area contributed by atoms with Crippen molar-refractivity contribution in [2.45, 2.75) is 24.2 Å². The Bertz CT molecular complexity index is 681. The molecule has 23 heavy (non-hydrogen) atoms. The van der Waals surface area contributed by atoms with Crippen LogP contribution in [0.15, 0.2) is 29.2 Å². The molecule has 2 aliphatic heterocycles. The van der Waals surface area contributed by atoms with Gasteiger partial charge in [-0.3, -0.25) is 4.79 Å². The highest BCUT2D eigenvalue weighted by atomic mass is 32.2. The number of piperidine rings is 1. The van der Waals surface area contributed by atoms with E-state index in [4.69, 9.17) is 4.74 Å². The number of benzene rings is 1. The first-order chi connectivity index (χ1) is 10.9. The van der Waals surface area contributed by atoms with E-state index in [0.29, 0.717) is 26.2 Å². The Hall–Kier alpha value is -1.47. The summed E-state index contributed by atoms with van der Waals surface area (Å²) in [6.45, 7) is 2.07. The predicted molar refractivity (Wildman–Crippen MR) is 82.1 cm³/mol. The summed E-state index contributed by atoms with van der Waals surface area (Å²) in [7, 11) is -3.53. The fraction of sp³-hybridized carbons (Fsp3) is 0.562. The van der Waals surface area contributed by atoms with Gasteiger partial charge in [0.25, 0.3) is 0 Å². The highest BCUT2D eigenvalue weighted by molar-refractivity contribution is 7.91. The second kappa shape index (κ2) is 6.20. The van der Waals surface area contributed by atoms with Gasteiger partial charge in [-0.25, -0.2) is 12.8 Å². The lowest BCUT2D eigenvalue weighted by atomic mass is 9.79. The molecule has 1 spiro atoms. The van der Waals surface area contributed by atoms with Crippen LogP contribution in [0, 0.1) is 11.2 Å². The van der Waals surface area contributed by atoms with Gasteiger partial charge < -0.3 is 9.64 Å². The molecule has 1 aromatic rings. The van der Waals surface area contributed by atoms with Crippen LogP contribution in [0.3, 0.4) is 0 Å². The maximum Gasteiger partial charge on any atom is 0.222 e. The molecule has 126 valence electrons. The Morgan fingerprint density at radius 2 is 1.96 bits per heavy atom. The number of halogens is 1. The van der Waals surface area contributed by atoms with E-state index in [2.05, 4.69) is 0 Å². The standard InChI is InChI=1S/C16H20FNO4S/c17-13-1-3-14(4-2-13)23(20,21)10-8-18-11-16(6-5-15(18)19)7-9-22-12-16/h1-4H,5-12H2. The molecule has 0 aromatic heterocycles. The average Bonchev–Trinajstić information content (AvgIpc) is 2.97. The molecule has 2 heterocycles. The van der Waals surface area contributed by atoms with E-state index < -0.39 is 15.7 Å².